The molecule has 2 aromatic rings. The zero-order valence-corrected chi connectivity index (χ0v) is 13.7. The number of carbonyl (C=O) groups is 2. The van der Waals surface area contributed by atoms with E-state index in [0.717, 1.165) is 17.7 Å². The molecule has 128 valence electrons. The summed E-state index contributed by atoms with van der Waals surface area (Å²) in [5.41, 5.74) is 1.77. The third-order valence-electron chi connectivity index (χ3n) is 3.70. The van der Waals surface area contributed by atoms with Gasteiger partial charge in [-0.3, -0.25) is 14.7 Å². The fraction of sp³-hybridized carbons (Fsp3) is 0.353. The van der Waals surface area contributed by atoms with Crippen LogP contribution in [-0.2, 0) is 4.79 Å². The van der Waals surface area contributed by atoms with Crippen molar-refractivity contribution in [1.82, 2.24) is 15.5 Å². The molecular formula is C17H21N3O4. The van der Waals surface area contributed by atoms with Crippen LogP contribution in [0.15, 0.2) is 30.3 Å². The van der Waals surface area contributed by atoms with Crippen LogP contribution < -0.4 is 10.1 Å². The Balaban J connectivity index is 2.01. The predicted octanol–water partition coefficient (Wildman–Crippen LogP) is 2.32. The Labute approximate surface area is 140 Å². The zero-order valence-electron chi connectivity index (χ0n) is 13.7. The van der Waals surface area contributed by atoms with Gasteiger partial charge in [0.25, 0.3) is 5.91 Å². The van der Waals surface area contributed by atoms with E-state index in [-0.39, 0.29) is 12.5 Å². The molecule has 1 heterocycles. The van der Waals surface area contributed by atoms with E-state index >= 15 is 0 Å². The predicted molar refractivity (Wildman–Crippen MR) is 88.9 cm³/mol. The second kappa shape index (κ2) is 8.14. The number of methoxy groups -OCH3 is 1. The van der Waals surface area contributed by atoms with Gasteiger partial charge in [-0.15, -0.1) is 0 Å². The third-order valence-corrected chi connectivity index (χ3v) is 3.70. The number of amides is 1. The van der Waals surface area contributed by atoms with Crippen LogP contribution >= 0.6 is 0 Å². The van der Waals surface area contributed by atoms with Gasteiger partial charge in [0, 0.05) is 12.1 Å². The number of hydrogen-bond donors (Lipinski definition) is 3. The van der Waals surface area contributed by atoms with Gasteiger partial charge in [0.2, 0.25) is 0 Å². The Hall–Kier alpha value is -2.83. The van der Waals surface area contributed by atoms with Gasteiger partial charge in [0.15, 0.2) is 0 Å². The lowest BCUT2D eigenvalue weighted by atomic mass is 10.0. The lowest BCUT2D eigenvalue weighted by Crippen LogP contribution is -2.33. The summed E-state index contributed by atoms with van der Waals surface area (Å²) in [7, 11) is 1.59. The van der Waals surface area contributed by atoms with Crippen molar-refractivity contribution in [2.24, 2.45) is 5.92 Å². The van der Waals surface area contributed by atoms with Crippen molar-refractivity contribution in [3.05, 3.63) is 36.0 Å². The van der Waals surface area contributed by atoms with Gasteiger partial charge in [-0.2, -0.15) is 5.10 Å². The molecule has 1 unspecified atom stereocenters. The SMILES string of the molecule is CCCC(CNC(=O)c1cc(-c2ccc(OC)cc2)n[nH]1)C(=O)O. The van der Waals surface area contributed by atoms with Crippen molar-refractivity contribution in [3.63, 3.8) is 0 Å². The van der Waals surface area contributed by atoms with Crippen molar-refractivity contribution < 1.29 is 19.4 Å². The zero-order chi connectivity index (χ0) is 17.5. The molecule has 0 bridgehead atoms. The van der Waals surface area contributed by atoms with Gasteiger partial charge in [-0.05, 0) is 36.8 Å². The number of aromatic nitrogens is 2. The van der Waals surface area contributed by atoms with Crippen LogP contribution in [0.25, 0.3) is 11.3 Å². The van der Waals surface area contributed by atoms with Crippen molar-refractivity contribution in [1.29, 1.82) is 0 Å². The first-order valence-corrected chi connectivity index (χ1v) is 7.76. The molecule has 0 saturated carbocycles. The number of benzene rings is 1. The number of rotatable bonds is 8. The van der Waals surface area contributed by atoms with Crippen LogP contribution in [-0.4, -0.2) is 40.8 Å². The van der Waals surface area contributed by atoms with E-state index in [9.17, 15) is 9.59 Å². The normalized spacial score (nSPS) is 11.8. The van der Waals surface area contributed by atoms with E-state index < -0.39 is 11.9 Å². The molecule has 0 aliphatic carbocycles. The second-order valence-corrected chi connectivity index (χ2v) is 5.43. The molecule has 7 nitrogen and oxygen atoms in total. The average molecular weight is 331 g/mol. The van der Waals surface area contributed by atoms with Gasteiger partial charge in [-0.1, -0.05) is 13.3 Å². The summed E-state index contributed by atoms with van der Waals surface area (Å²) in [4.78, 5) is 23.2. The molecule has 0 saturated heterocycles. The van der Waals surface area contributed by atoms with E-state index in [4.69, 9.17) is 9.84 Å². The lowest BCUT2D eigenvalue weighted by molar-refractivity contribution is -0.141. The van der Waals surface area contributed by atoms with E-state index in [1.807, 2.05) is 31.2 Å². The Morgan fingerprint density at radius 3 is 2.62 bits per heavy atom. The van der Waals surface area contributed by atoms with Crippen LogP contribution in [0.4, 0.5) is 0 Å². The molecule has 24 heavy (non-hydrogen) atoms. The standard InChI is InChI=1S/C17H21N3O4/c1-3-4-12(17(22)23)10-18-16(21)15-9-14(19-20-15)11-5-7-13(24-2)8-6-11/h5-9,12H,3-4,10H2,1-2H3,(H,18,21)(H,19,20)(H,22,23). The maximum absolute atomic E-state index is 12.1. The Bertz CT molecular complexity index is 694. The van der Waals surface area contributed by atoms with Gasteiger partial charge < -0.3 is 15.2 Å². The van der Waals surface area contributed by atoms with Crippen LogP contribution in [0.1, 0.15) is 30.3 Å². The highest BCUT2D eigenvalue weighted by molar-refractivity contribution is 5.93. The second-order valence-electron chi connectivity index (χ2n) is 5.43. The van der Waals surface area contributed by atoms with Crippen LogP contribution in [0, 0.1) is 5.92 Å². The van der Waals surface area contributed by atoms with Crippen LogP contribution in [0.3, 0.4) is 0 Å². The number of H-pyrrole nitrogens is 1. The number of hydrogen-bond acceptors (Lipinski definition) is 4. The summed E-state index contributed by atoms with van der Waals surface area (Å²) >= 11 is 0. The number of aliphatic carboxylic acids is 1. The Kier molecular flexibility index (Phi) is 5.95. The van der Waals surface area contributed by atoms with E-state index in [1.165, 1.54) is 0 Å². The fourth-order valence-electron chi connectivity index (χ4n) is 2.32. The van der Waals surface area contributed by atoms with E-state index in [2.05, 4.69) is 15.5 Å². The summed E-state index contributed by atoms with van der Waals surface area (Å²) in [5, 5.41) is 18.5. The highest BCUT2D eigenvalue weighted by atomic mass is 16.5. The molecule has 1 amide bonds. The monoisotopic (exact) mass is 331 g/mol. The molecule has 0 fully saturated rings. The molecule has 0 aliphatic heterocycles. The molecule has 1 atom stereocenters. The summed E-state index contributed by atoms with van der Waals surface area (Å²) < 4.78 is 5.10. The number of ether oxygens (including phenoxy) is 1. The molecule has 2 rings (SSSR count). The molecule has 7 heteroatoms. The number of aromatic amines is 1. The van der Waals surface area contributed by atoms with Crippen molar-refractivity contribution >= 4 is 11.9 Å². The highest BCUT2D eigenvalue weighted by Gasteiger charge is 2.18. The molecule has 0 spiro atoms. The number of nitrogens with one attached hydrogen (secondary N) is 2. The van der Waals surface area contributed by atoms with Gasteiger partial charge >= 0.3 is 5.97 Å². The Morgan fingerprint density at radius 2 is 2.04 bits per heavy atom. The summed E-state index contributed by atoms with van der Waals surface area (Å²) in [6, 6.07) is 8.95. The maximum atomic E-state index is 12.1. The smallest absolute Gasteiger partial charge is 0.308 e. The summed E-state index contributed by atoms with van der Waals surface area (Å²) in [5.74, 6) is -1.11. The highest BCUT2D eigenvalue weighted by Crippen LogP contribution is 2.21. The number of carboxylic acids is 1. The molecular weight excluding hydrogens is 310 g/mol. The van der Waals surface area contributed by atoms with Gasteiger partial charge in [-0.25, -0.2) is 0 Å². The number of carboxylic acid groups (broad SMARTS) is 1. The minimum atomic E-state index is -0.902. The average Bonchev–Trinajstić information content (AvgIpc) is 3.08. The topological polar surface area (TPSA) is 104 Å². The summed E-state index contributed by atoms with van der Waals surface area (Å²) in [6.45, 7) is 2.01. The Morgan fingerprint density at radius 1 is 1.33 bits per heavy atom. The number of carbonyl (C=O) groups excluding carboxylic acids is 1. The first-order chi connectivity index (χ1) is 11.5. The first-order valence-electron chi connectivity index (χ1n) is 7.76. The van der Waals surface area contributed by atoms with Crippen LogP contribution in [0.5, 0.6) is 5.75 Å². The van der Waals surface area contributed by atoms with E-state index in [0.29, 0.717) is 17.8 Å². The van der Waals surface area contributed by atoms with Gasteiger partial charge in [0.1, 0.15) is 11.4 Å². The molecule has 0 radical (unpaired) electrons. The number of nitrogens with zero attached hydrogens (tertiary/aromatic N) is 1. The lowest BCUT2D eigenvalue weighted by Gasteiger charge is -2.11. The van der Waals surface area contributed by atoms with Gasteiger partial charge in [0.05, 0.1) is 18.7 Å². The molecule has 3 N–H and O–H groups in total. The summed E-state index contributed by atoms with van der Waals surface area (Å²) in [6.07, 6.45) is 1.27. The van der Waals surface area contributed by atoms with Crippen molar-refractivity contribution in [3.8, 4) is 17.0 Å². The molecule has 1 aromatic carbocycles. The first kappa shape index (κ1) is 17.5. The van der Waals surface area contributed by atoms with Crippen molar-refractivity contribution in [2.75, 3.05) is 13.7 Å². The molecule has 1 aromatic heterocycles. The van der Waals surface area contributed by atoms with Crippen LogP contribution in [0.2, 0.25) is 0 Å². The minimum absolute atomic E-state index is 0.0961. The minimum Gasteiger partial charge on any atom is -0.497 e. The third kappa shape index (κ3) is 4.34. The van der Waals surface area contributed by atoms with E-state index in [1.54, 1.807) is 13.2 Å². The van der Waals surface area contributed by atoms with Crippen molar-refractivity contribution in [2.45, 2.75) is 19.8 Å². The maximum Gasteiger partial charge on any atom is 0.308 e. The fourth-order valence-corrected chi connectivity index (χ4v) is 2.32. The quantitative estimate of drug-likeness (QED) is 0.688. The molecule has 0 aliphatic rings. The largest absolute Gasteiger partial charge is 0.497 e.